The first-order valence-corrected chi connectivity index (χ1v) is 10.4. The Balaban J connectivity index is 1.16. The SMILES string of the molecule is O=C(NCc1ccccn1)C1CCN(C2CCN(CC3CC3)CC2)CC1. The highest BCUT2D eigenvalue weighted by Crippen LogP contribution is 2.31. The van der Waals surface area contributed by atoms with E-state index in [0.717, 1.165) is 43.6 Å². The molecule has 26 heavy (non-hydrogen) atoms. The molecule has 1 saturated carbocycles. The largest absolute Gasteiger partial charge is 0.350 e. The van der Waals surface area contributed by atoms with Crippen LogP contribution in [0.15, 0.2) is 24.4 Å². The molecule has 142 valence electrons. The van der Waals surface area contributed by atoms with E-state index >= 15 is 0 Å². The van der Waals surface area contributed by atoms with Gasteiger partial charge in [0.1, 0.15) is 0 Å². The van der Waals surface area contributed by atoms with Gasteiger partial charge in [-0.05, 0) is 82.8 Å². The van der Waals surface area contributed by atoms with Gasteiger partial charge in [0.25, 0.3) is 0 Å². The average Bonchev–Trinajstić information content (AvgIpc) is 3.52. The summed E-state index contributed by atoms with van der Waals surface area (Å²) in [7, 11) is 0. The van der Waals surface area contributed by atoms with Gasteiger partial charge in [0, 0.05) is 24.7 Å². The van der Waals surface area contributed by atoms with Crippen LogP contribution in [0.5, 0.6) is 0 Å². The number of pyridine rings is 1. The van der Waals surface area contributed by atoms with Crippen LogP contribution < -0.4 is 5.32 Å². The van der Waals surface area contributed by atoms with Gasteiger partial charge >= 0.3 is 0 Å². The highest BCUT2D eigenvalue weighted by Gasteiger charge is 2.32. The third-order valence-corrected chi connectivity index (χ3v) is 6.36. The van der Waals surface area contributed by atoms with E-state index in [1.165, 1.54) is 45.3 Å². The third kappa shape index (κ3) is 4.83. The minimum absolute atomic E-state index is 0.171. The van der Waals surface area contributed by atoms with Crippen LogP contribution in [0.1, 0.15) is 44.2 Å². The second-order valence-corrected chi connectivity index (χ2v) is 8.32. The molecule has 3 aliphatic rings. The molecule has 0 spiro atoms. The van der Waals surface area contributed by atoms with Gasteiger partial charge in [0.15, 0.2) is 0 Å². The zero-order chi connectivity index (χ0) is 17.8. The van der Waals surface area contributed by atoms with Crippen molar-refractivity contribution in [2.45, 2.75) is 51.1 Å². The zero-order valence-electron chi connectivity index (χ0n) is 15.8. The van der Waals surface area contributed by atoms with Crippen LogP contribution in [0.25, 0.3) is 0 Å². The Morgan fingerprint density at radius 1 is 1.04 bits per heavy atom. The monoisotopic (exact) mass is 356 g/mol. The van der Waals surface area contributed by atoms with Crippen molar-refractivity contribution in [3.8, 4) is 0 Å². The molecule has 0 bridgehead atoms. The molecule has 0 radical (unpaired) electrons. The maximum absolute atomic E-state index is 12.4. The van der Waals surface area contributed by atoms with Gasteiger partial charge < -0.3 is 15.1 Å². The summed E-state index contributed by atoms with van der Waals surface area (Å²) >= 11 is 0. The van der Waals surface area contributed by atoms with Gasteiger partial charge in [0.2, 0.25) is 5.91 Å². The molecule has 1 aromatic rings. The second kappa shape index (κ2) is 8.49. The van der Waals surface area contributed by atoms with Crippen LogP contribution in [-0.2, 0) is 11.3 Å². The van der Waals surface area contributed by atoms with Crippen molar-refractivity contribution < 1.29 is 4.79 Å². The molecule has 1 amide bonds. The van der Waals surface area contributed by atoms with Crippen LogP contribution >= 0.6 is 0 Å². The van der Waals surface area contributed by atoms with E-state index in [0.29, 0.717) is 6.54 Å². The van der Waals surface area contributed by atoms with Crippen molar-refractivity contribution in [1.29, 1.82) is 0 Å². The van der Waals surface area contributed by atoms with Crippen molar-refractivity contribution >= 4 is 5.91 Å². The van der Waals surface area contributed by atoms with Crippen molar-refractivity contribution in [1.82, 2.24) is 20.1 Å². The number of nitrogens with zero attached hydrogens (tertiary/aromatic N) is 3. The van der Waals surface area contributed by atoms with Crippen molar-refractivity contribution in [2.75, 3.05) is 32.7 Å². The Morgan fingerprint density at radius 2 is 1.81 bits per heavy atom. The number of aromatic nitrogens is 1. The van der Waals surface area contributed by atoms with Crippen LogP contribution in [0.2, 0.25) is 0 Å². The highest BCUT2D eigenvalue weighted by molar-refractivity contribution is 5.78. The molecular weight excluding hydrogens is 324 g/mol. The van der Waals surface area contributed by atoms with Crippen LogP contribution in [0.3, 0.4) is 0 Å². The first kappa shape index (κ1) is 17.9. The molecule has 3 heterocycles. The summed E-state index contributed by atoms with van der Waals surface area (Å²) in [5.41, 5.74) is 0.927. The predicted molar refractivity (Wildman–Crippen MR) is 103 cm³/mol. The van der Waals surface area contributed by atoms with Gasteiger partial charge in [-0.1, -0.05) is 6.07 Å². The molecule has 5 heteroatoms. The van der Waals surface area contributed by atoms with E-state index in [1.54, 1.807) is 6.20 Å². The third-order valence-electron chi connectivity index (χ3n) is 6.36. The maximum atomic E-state index is 12.4. The molecule has 2 aliphatic heterocycles. The van der Waals surface area contributed by atoms with Crippen molar-refractivity contribution in [3.05, 3.63) is 30.1 Å². The summed E-state index contributed by atoms with van der Waals surface area (Å²) in [5, 5.41) is 3.07. The van der Waals surface area contributed by atoms with E-state index in [-0.39, 0.29) is 11.8 Å². The predicted octanol–water partition coefficient (Wildman–Crippen LogP) is 2.28. The fourth-order valence-corrected chi connectivity index (χ4v) is 4.48. The first-order chi connectivity index (χ1) is 12.8. The standard InChI is InChI=1S/C21H32N4O/c26-21(23-15-19-3-1-2-10-22-19)18-6-13-25(14-7-18)20-8-11-24(12-9-20)16-17-4-5-17/h1-3,10,17-18,20H,4-9,11-16H2,(H,23,26). The molecule has 5 nitrogen and oxygen atoms in total. The summed E-state index contributed by atoms with van der Waals surface area (Å²) in [5.74, 6) is 1.38. The lowest BCUT2D eigenvalue weighted by Crippen LogP contribution is -2.49. The van der Waals surface area contributed by atoms with E-state index in [1.807, 2.05) is 18.2 Å². The number of rotatable bonds is 6. The van der Waals surface area contributed by atoms with Gasteiger partial charge in [-0.15, -0.1) is 0 Å². The molecule has 1 aliphatic carbocycles. The fourth-order valence-electron chi connectivity index (χ4n) is 4.48. The van der Waals surface area contributed by atoms with Gasteiger partial charge in [-0.2, -0.15) is 0 Å². The summed E-state index contributed by atoms with van der Waals surface area (Å²) in [6, 6.07) is 6.56. The van der Waals surface area contributed by atoms with Crippen LogP contribution in [-0.4, -0.2) is 59.5 Å². The van der Waals surface area contributed by atoms with Crippen LogP contribution in [0.4, 0.5) is 0 Å². The van der Waals surface area contributed by atoms with Crippen molar-refractivity contribution in [2.24, 2.45) is 11.8 Å². The molecule has 1 aromatic heterocycles. The van der Waals surface area contributed by atoms with E-state index in [2.05, 4.69) is 20.1 Å². The highest BCUT2D eigenvalue weighted by atomic mass is 16.1. The minimum Gasteiger partial charge on any atom is -0.350 e. The number of carbonyl (C=O) groups is 1. The lowest BCUT2D eigenvalue weighted by Gasteiger charge is -2.41. The molecule has 3 fully saturated rings. The summed E-state index contributed by atoms with van der Waals surface area (Å²) < 4.78 is 0. The van der Waals surface area contributed by atoms with Gasteiger partial charge in [-0.25, -0.2) is 0 Å². The Kier molecular flexibility index (Phi) is 5.85. The molecule has 0 aromatic carbocycles. The quantitative estimate of drug-likeness (QED) is 0.850. The van der Waals surface area contributed by atoms with Gasteiger partial charge in [-0.3, -0.25) is 9.78 Å². The smallest absolute Gasteiger partial charge is 0.223 e. The molecule has 2 saturated heterocycles. The fraction of sp³-hybridized carbons (Fsp3) is 0.714. The topological polar surface area (TPSA) is 48.5 Å². The number of hydrogen-bond acceptors (Lipinski definition) is 4. The Hall–Kier alpha value is -1.46. The first-order valence-electron chi connectivity index (χ1n) is 10.4. The zero-order valence-corrected chi connectivity index (χ0v) is 15.8. The summed E-state index contributed by atoms with van der Waals surface area (Å²) in [6.45, 7) is 6.58. The Labute approximate surface area is 157 Å². The number of amides is 1. The Morgan fingerprint density at radius 3 is 2.46 bits per heavy atom. The lowest BCUT2D eigenvalue weighted by atomic mass is 9.92. The second-order valence-electron chi connectivity index (χ2n) is 8.32. The summed E-state index contributed by atoms with van der Waals surface area (Å²) in [6.07, 6.45) is 9.29. The van der Waals surface area contributed by atoms with Crippen molar-refractivity contribution in [3.63, 3.8) is 0 Å². The maximum Gasteiger partial charge on any atom is 0.223 e. The molecule has 4 rings (SSSR count). The molecule has 0 unspecified atom stereocenters. The number of nitrogens with one attached hydrogen (secondary N) is 1. The normalized spacial score (nSPS) is 23.8. The van der Waals surface area contributed by atoms with Gasteiger partial charge in [0.05, 0.1) is 12.2 Å². The average molecular weight is 357 g/mol. The number of carbonyl (C=O) groups excluding carboxylic acids is 1. The van der Waals surface area contributed by atoms with E-state index in [9.17, 15) is 4.79 Å². The Bertz CT molecular complexity index is 573. The lowest BCUT2D eigenvalue weighted by molar-refractivity contribution is -0.126. The molecule has 1 N–H and O–H groups in total. The minimum atomic E-state index is 0.171. The van der Waals surface area contributed by atoms with E-state index < -0.39 is 0 Å². The summed E-state index contributed by atoms with van der Waals surface area (Å²) in [4.78, 5) is 22.0. The van der Waals surface area contributed by atoms with E-state index in [4.69, 9.17) is 0 Å². The number of piperidine rings is 2. The number of hydrogen-bond donors (Lipinski definition) is 1. The molecular formula is C21H32N4O. The van der Waals surface area contributed by atoms with Crippen LogP contribution in [0, 0.1) is 11.8 Å². The number of likely N-dealkylation sites (tertiary alicyclic amines) is 2. The molecule has 0 atom stereocenters.